The maximum Gasteiger partial charge on any atom is 0.310 e. The molecule has 128 valence electrons. The highest BCUT2D eigenvalue weighted by Crippen LogP contribution is 2.27. The number of hydrogen-bond acceptors (Lipinski definition) is 5. The van der Waals surface area contributed by atoms with Gasteiger partial charge >= 0.3 is 5.69 Å². The first kappa shape index (κ1) is 16.6. The molecule has 0 saturated carbocycles. The molecule has 0 aromatic heterocycles. The molecular formula is C18H17N3O4. The van der Waals surface area contributed by atoms with Gasteiger partial charge in [-0.05, 0) is 24.1 Å². The van der Waals surface area contributed by atoms with E-state index in [1.54, 1.807) is 19.1 Å². The summed E-state index contributed by atoms with van der Waals surface area (Å²) < 4.78 is 5.39. The Morgan fingerprint density at radius 1 is 1.28 bits per heavy atom. The summed E-state index contributed by atoms with van der Waals surface area (Å²) in [5, 5.41) is 16.7. The van der Waals surface area contributed by atoms with Crippen molar-refractivity contribution in [1.82, 2.24) is 5.01 Å². The first-order valence-corrected chi connectivity index (χ1v) is 7.85. The Labute approximate surface area is 144 Å². The fraction of sp³-hybridized carbons (Fsp3) is 0.222. The van der Waals surface area contributed by atoms with E-state index in [0.29, 0.717) is 13.0 Å². The highest BCUT2D eigenvalue weighted by molar-refractivity contribution is 6.02. The minimum absolute atomic E-state index is 0.0878. The molecule has 1 aliphatic rings. The van der Waals surface area contributed by atoms with Crippen LogP contribution < -0.4 is 4.74 Å². The molecule has 1 amide bonds. The first-order chi connectivity index (χ1) is 12.0. The Bertz CT molecular complexity index is 833. The van der Waals surface area contributed by atoms with Crippen LogP contribution in [0.1, 0.15) is 17.5 Å². The number of aryl methyl sites for hydroxylation is 1. The lowest BCUT2D eigenvalue weighted by Crippen LogP contribution is -2.29. The van der Waals surface area contributed by atoms with Gasteiger partial charge in [0.1, 0.15) is 0 Å². The average molecular weight is 339 g/mol. The number of ether oxygens (including phenoxy) is 1. The summed E-state index contributed by atoms with van der Waals surface area (Å²) in [5.41, 5.74) is 2.48. The van der Waals surface area contributed by atoms with Crippen molar-refractivity contribution < 1.29 is 14.5 Å². The Kier molecular flexibility index (Phi) is 4.74. The van der Waals surface area contributed by atoms with Crippen LogP contribution in [0.25, 0.3) is 0 Å². The Morgan fingerprint density at radius 2 is 2.04 bits per heavy atom. The van der Waals surface area contributed by atoms with Gasteiger partial charge in [-0.25, -0.2) is 5.01 Å². The molecule has 2 aromatic carbocycles. The van der Waals surface area contributed by atoms with E-state index in [4.69, 9.17) is 4.74 Å². The van der Waals surface area contributed by atoms with Gasteiger partial charge in [-0.15, -0.1) is 0 Å². The van der Waals surface area contributed by atoms with E-state index >= 15 is 0 Å². The molecule has 1 aliphatic heterocycles. The summed E-state index contributed by atoms with van der Waals surface area (Å²) in [6, 6.07) is 14.2. The number of rotatable bonds is 5. The summed E-state index contributed by atoms with van der Waals surface area (Å²) >= 11 is 0. The van der Waals surface area contributed by atoms with Crippen LogP contribution in [0.3, 0.4) is 0 Å². The topological polar surface area (TPSA) is 85.0 Å². The van der Waals surface area contributed by atoms with Crippen LogP contribution in [-0.4, -0.2) is 34.7 Å². The number of nitro benzene ring substituents is 1. The molecule has 0 atom stereocenters. The van der Waals surface area contributed by atoms with E-state index in [9.17, 15) is 14.9 Å². The molecule has 0 unspecified atom stereocenters. The third kappa shape index (κ3) is 3.82. The molecule has 0 fully saturated rings. The number of carbonyl (C=O) groups is 1. The zero-order valence-electron chi connectivity index (χ0n) is 13.7. The van der Waals surface area contributed by atoms with Gasteiger partial charge in [-0.1, -0.05) is 36.4 Å². The number of benzene rings is 2. The van der Waals surface area contributed by atoms with Gasteiger partial charge < -0.3 is 4.74 Å². The van der Waals surface area contributed by atoms with E-state index in [0.717, 1.165) is 16.8 Å². The van der Waals surface area contributed by atoms with Crippen LogP contribution in [0.4, 0.5) is 5.69 Å². The molecule has 25 heavy (non-hydrogen) atoms. The van der Waals surface area contributed by atoms with E-state index in [-0.39, 0.29) is 24.0 Å². The monoisotopic (exact) mass is 339 g/mol. The van der Waals surface area contributed by atoms with Crippen LogP contribution in [0.15, 0.2) is 53.6 Å². The Balaban J connectivity index is 1.67. The van der Waals surface area contributed by atoms with E-state index in [2.05, 4.69) is 5.10 Å². The van der Waals surface area contributed by atoms with Crippen LogP contribution in [0.2, 0.25) is 0 Å². The SMILES string of the molecule is Cc1ccc([N+](=O)[O-])c(OCC(=O)N2CCC(c3ccccc3)=N2)c1. The van der Waals surface area contributed by atoms with Crippen LogP contribution in [0, 0.1) is 17.0 Å². The van der Waals surface area contributed by atoms with Gasteiger partial charge in [-0.3, -0.25) is 14.9 Å². The maximum absolute atomic E-state index is 12.3. The normalized spacial score (nSPS) is 13.5. The van der Waals surface area contributed by atoms with Gasteiger partial charge in [0, 0.05) is 12.5 Å². The number of carbonyl (C=O) groups excluding carboxylic acids is 1. The lowest BCUT2D eigenvalue weighted by atomic mass is 10.1. The minimum Gasteiger partial charge on any atom is -0.477 e. The molecule has 0 N–H and O–H groups in total. The Morgan fingerprint density at radius 3 is 2.76 bits per heavy atom. The zero-order chi connectivity index (χ0) is 17.8. The minimum atomic E-state index is -0.527. The summed E-state index contributed by atoms with van der Waals surface area (Å²) in [6.07, 6.45) is 0.667. The number of amides is 1. The molecule has 0 saturated heterocycles. The van der Waals surface area contributed by atoms with Crippen LogP contribution >= 0.6 is 0 Å². The van der Waals surface area contributed by atoms with Crippen molar-refractivity contribution in [2.75, 3.05) is 13.2 Å². The fourth-order valence-corrected chi connectivity index (χ4v) is 2.57. The van der Waals surface area contributed by atoms with E-state index in [1.807, 2.05) is 30.3 Å². The lowest BCUT2D eigenvalue weighted by Gasteiger charge is -2.12. The third-order valence-corrected chi connectivity index (χ3v) is 3.86. The maximum atomic E-state index is 12.3. The smallest absolute Gasteiger partial charge is 0.310 e. The van der Waals surface area contributed by atoms with Crippen molar-refractivity contribution in [2.24, 2.45) is 5.10 Å². The molecule has 0 bridgehead atoms. The fourth-order valence-electron chi connectivity index (χ4n) is 2.57. The summed E-state index contributed by atoms with van der Waals surface area (Å²) in [7, 11) is 0. The van der Waals surface area contributed by atoms with Gasteiger partial charge in [0.2, 0.25) is 0 Å². The second-order valence-electron chi connectivity index (χ2n) is 5.70. The first-order valence-electron chi connectivity index (χ1n) is 7.85. The number of nitrogens with zero attached hydrogens (tertiary/aromatic N) is 3. The van der Waals surface area contributed by atoms with E-state index in [1.165, 1.54) is 11.1 Å². The van der Waals surface area contributed by atoms with E-state index < -0.39 is 4.92 Å². The zero-order valence-corrected chi connectivity index (χ0v) is 13.7. The molecule has 0 radical (unpaired) electrons. The second-order valence-corrected chi connectivity index (χ2v) is 5.70. The number of nitro groups is 1. The summed E-state index contributed by atoms with van der Waals surface area (Å²) in [6.45, 7) is 1.98. The van der Waals surface area contributed by atoms with Crippen molar-refractivity contribution in [2.45, 2.75) is 13.3 Å². The lowest BCUT2D eigenvalue weighted by molar-refractivity contribution is -0.385. The molecular weight excluding hydrogens is 322 g/mol. The highest BCUT2D eigenvalue weighted by Gasteiger charge is 2.23. The standard InChI is InChI=1S/C18H17N3O4/c1-13-7-8-16(21(23)24)17(11-13)25-12-18(22)20-10-9-15(19-20)14-5-3-2-4-6-14/h2-8,11H,9-10,12H2,1H3. The van der Waals surface area contributed by atoms with Crippen LogP contribution in [0.5, 0.6) is 5.75 Å². The van der Waals surface area contributed by atoms with Crippen molar-refractivity contribution in [1.29, 1.82) is 0 Å². The van der Waals surface area contributed by atoms with Crippen molar-refractivity contribution in [3.63, 3.8) is 0 Å². The van der Waals surface area contributed by atoms with Crippen molar-refractivity contribution >= 4 is 17.3 Å². The number of hydrogen-bond donors (Lipinski definition) is 0. The van der Waals surface area contributed by atoms with Gasteiger partial charge in [0.05, 0.1) is 17.2 Å². The van der Waals surface area contributed by atoms with Gasteiger partial charge in [-0.2, -0.15) is 5.10 Å². The molecule has 1 heterocycles. The highest BCUT2D eigenvalue weighted by atomic mass is 16.6. The number of hydrazone groups is 1. The molecule has 0 spiro atoms. The second kappa shape index (κ2) is 7.12. The Hall–Kier alpha value is -3.22. The predicted octanol–water partition coefficient (Wildman–Crippen LogP) is 2.92. The average Bonchev–Trinajstić information content (AvgIpc) is 3.10. The summed E-state index contributed by atoms with van der Waals surface area (Å²) in [4.78, 5) is 22.8. The molecule has 7 heteroatoms. The quantitative estimate of drug-likeness (QED) is 0.619. The third-order valence-electron chi connectivity index (χ3n) is 3.86. The molecule has 3 rings (SSSR count). The van der Waals surface area contributed by atoms with Gasteiger partial charge in [0.25, 0.3) is 5.91 Å². The van der Waals surface area contributed by atoms with Crippen LogP contribution in [-0.2, 0) is 4.79 Å². The summed E-state index contributed by atoms with van der Waals surface area (Å²) in [5.74, 6) is -0.244. The molecule has 2 aromatic rings. The van der Waals surface area contributed by atoms with Crippen molar-refractivity contribution in [3.05, 3.63) is 69.8 Å². The largest absolute Gasteiger partial charge is 0.477 e. The molecule has 7 nitrogen and oxygen atoms in total. The molecule has 0 aliphatic carbocycles. The van der Waals surface area contributed by atoms with Gasteiger partial charge in [0.15, 0.2) is 12.4 Å². The predicted molar refractivity (Wildman–Crippen MR) is 92.6 cm³/mol. The van der Waals surface area contributed by atoms with Crippen molar-refractivity contribution in [3.8, 4) is 5.75 Å².